The van der Waals surface area contributed by atoms with Crippen LogP contribution in [0.15, 0.2) is 0 Å². The molecule has 6 N–H and O–H groups in total. The molecule has 1 aliphatic rings. The maximum atomic E-state index is 9.49. The Kier molecular flexibility index (Phi) is 4.33. The fourth-order valence-corrected chi connectivity index (χ4v) is 1.37. The summed E-state index contributed by atoms with van der Waals surface area (Å²) < 4.78 is 0. The molecule has 1 aliphatic heterocycles. The molecule has 1 rings (SSSR count). The largest absolute Gasteiger partial charge is 0.381 e. The van der Waals surface area contributed by atoms with Crippen LogP contribution in [0.4, 0.5) is 0 Å². The average molecular weight is 225 g/mol. The van der Waals surface area contributed by atoms with E-state index in [1.807, 2.05) is 0 Å². The summed E-state index contributed by atoms with van der Waals surface area (Å²) in [6, 6.07) is 0. The Morgan fingerprint density at radius 2 is 0.800 bits per heavy atom. The SMILES string of the molecule is OCN1C(O)N(CO)C(O)N(CO)C1O. The molecule has 15 heavy (non-hydrogen) atoms. The smallest absolute Gasteiger partial charge is 0.175 e. The van der Waals surface area contributed by atoms with Crippen LogP contribution in [0, 0.1) is 0 Å². The number of aliphatic hydroxyl groups excluding tert-OH is 6. The molecule has 0 amide bonds. The van der Waals surface area contributed by atoms with Gasteiger partial charge in [0.2, 0.25) is 0 Å². The van der Waals surface area contributed by atoms with Crippen LogP contribution in [0.2, 0.25) is 0 Å². The van der Waals surface area contributed by atoms with E-state index in [0.717, 1.165) is 14.7 Å². The van der Waals surface area contributed by atoms with Gasteiger partial charge in [0.05, 0.1) is 0 Å². The molecule has 1 heterocycles. The highest BCUT2D eigenvalue weighted by Crippen LogP contribution is 2.20. The Morgan fingerprint density at radius 1 is 0.600 bits per heavy atom. The number of rotatable bonds is 3. The highest BCUT2D eigenvalue weighted by Gasteiger charge is 2.43. The third kappa shape index (κ3) is 2.10. The molecule has 9 nitrogen and oxygen atoms in total. The molecular formula is C6H15N3O6. The van der Waals surface area contributed by atoms with Crippen LogP contribution in [0.3, 0.4) is 0 Å². The molecule has 0 bridgehead atoms. The van der Waals surface area contributed by atoms with Gasteiger partial charge in [-0.25, -0.2) is 14.7 Å². The molecule has 9 heteroatoms. The average Bonchev–Trinajstić information content (AvgIpc) is 2.19. The van der Waals surface area contributed by atoms with Crippen LogP contribution in [-0.4, -0.2) is 84.6 Å². The van der Waals surface area contributed by atoms with Gasteiger partial charge in [-0.2, -0.15) is 0 Å². The Bertz CT molecular complexity index is 162. The van der Waals surface area contributed by atoms with Crippen molar-refractivity contribution in [2.45, 2.75) is 19.1 Å². The minimum Gasteiger partial charge on any atom is -0.381 e. The standard InChI is InChI=1S/C6H15N3O6/c10-1-7-4(13)8(2-11)6(15)9(3-12)5(7)14/h4-6,10-15H,1-3H2. The van der Waals surface area contributed by atoms with Crippen LogP contribution >= 0.6 is 0 Å². The lowest BCUT2D eigenvalue weighted by Gasteiger charge is -2.49. The van der Waals surface area contributed by atoms with Crippen molar-refractivity contribution >= 4 is 0 Å². The molecular weight excluding hydrogens is 210 g/mol. The van der Waals surface area contributed by atoms with E-state index in [4.69, 9.17) is 15.3 Å². The van der Waals surface area contributed by atoms with Gasteiger partial charge in [-0.15, -0.1) is 0 Å². The van der Waals surface area contributed by atoms with Crippen LogP contribution < -0.4 is 0 Å². The lowest BCUT2D eigenvalue weighted by atomic mass is 10.4. The molecule has 1 fully saturated rings. The van der Waals surface area contributed by atoms with Crippen molar-refractivity contribution in [2.75, 3.05) is 20.2 Å². The second-order valence-corrected chi connectivity index (χ2v) is 3.01. The Labute approximate surface area is 85.6 Å². The van der Waals surface area contributed by atoms with E-state index in [9.17, 15) is 15.3 Å². The zero-order valence-electron chi connectivity index (χ0n) is 7.88. The first-order valence-electron chi connectivity index (χ1n) is 4.22. The first kappa shape index (κ1) is 12.7. The molecule has 0 unspecified atom stereocenters. The molecule has 0 aliphatic carbocycles. The van der Waals surface area contributed by atoms with Gasteiger partial charge in [-0.1, -0.05) is 0 Å². The van der Waals surface area contributed by atoms with Gasteiger partial charge >= 0.3 is 0 Å². The third-order valence-electron chi connectivity index (χ3n) is 2.27. The van der Waals surface area contributed by atoms with Gasteiger partial charge in [0.25, 0.3) is 0 Å². The number of nitrogens with zero attached hydrogens (tertiary/aromatic N) is 3. The third-order valence-corrected chi connectivity index (χ3v) is 2.27. The van der Waals surface area contributed by atoms with Crippen LogP contribution in [0.25, 0.3) is 0 Å². The van der Waals surface area contributed by atoms with Gasteiger partial charge < -0.3 is 30.6 Å². The quantitative estimate of drug-likeness (QED) is 0.281. The monoisotopic (exact) mass is 225 g/mol. The topological polar surface area (TPSA) is 131 Å². The van der Waals surface area contributed by atoms with E-state index in [-0.39, 0.29) is 0 Å². The number of hydrogen-bond acceptors (Lipinski definition) is 9. The fraction of sp³-hybridized carbons (Fsp3) is 1.00. The summed E-state index contributed by atoms with van der Waals surface area (Å²) >= 11 is 0. The molecule has 0 atom stereocenters. The lowest BCUT2D eigenvalue weighted by molar-refractivity contribution is -0.366. The summed E-state index contributed by atoms with van der Waals surface area (Å²) in [4.78, 5) is 2.25. The van der Waals surface area contributed by atoms with Crippen molar-refractivity contribution in [2.24, 2.45) is 0 Å². The molecule has 0 aromatic carbocycles. The molecule has 0 radical (unpaired) electrons. The van der Waals surface area contributed by atoms with Crippen LogP contribution in [0.5, 0.6) is 0 Å². The predicted molar refractivity (Wildman–Crippen MR) is 44.8 cm³/mol. The van der Waals surface area contributed by atoms with Crippen LogP contribution in [0.1, 0.15) is 0 Å². The number of hydrogen-bond donors (Lipinski definition) is 6. The first-order valence-corrected chi connectivity index (χ1v) is 4.22. The van der Waals surface area contributed by atoms with Crippen molar-refractivity contribution in [1.82, 2.24) is 14.7 Å². The van der Waals surface area contributed by atoms with Gasteiger partial charge in [0.15, 0.2) is 19.1 Å². The van der Waals surface area contributed by atoms with Crippen molar-refractivity contribution < 1.29 is 30.6 Å². The molecule has 1 saturated heterocycles. The summed E-state index contributed by atoms with van der Waals surface area (Å²) in [6.45, 7) is -2.12. The van der Waals surface area contributed by atoms with E-state index in [2.05, 4.69) is 0 Å². The molecule has 90 valence electrons. The summed E-state index contributed by atoms with van der Waals surface area (Å²) in [6.07, 6.45) is -4.65. The second-order valence-electron chi connectivity index (χ2n) is 3.01. The van der Waals surface area contributed by atoms with Crippen molar-refractivity contribution in [3.05, 3.63) is 0 Å². The zero-order chi connectivity index (χ0) is 11.6. The Balaban J connectivity index is 2.87. The second kappa shape index (κ2) is 5.12. The van der Waals surface area contributed by atoms with Gasteiger partial charge in [-0.05, 0) is 0 Å². The highest BCUT2D eigenvalue weighted by molar-refractivity contribution is 4.73. The fourth-order valence-electron chi connectivity index (χ4n) is 1.37. The molecule has 0 aromatic rings. The molecule has 0 aromatic heterocycles. The zero-order valence-corrected chi connectivity index (χ0v) is 7.88. The van der Waals surface area contributed by atoms with Gasteiger partial charge in [0.1, 0.15) is 20.2 Å². The summed E-state index contributed by atoms with van der Waals surface area (Å²) in [7, 11) is 0. The van der Waals surface area contributed by atoms with Crippen molar-refractivity contribution in [3.8, 4) is 0 Å². The normalized spacial score (nSPS) is 36.0. The van der Waals surface area contributed by atoms with E-state index >= 15 is 0 Å². The van der Waals surface area contributed by atoms with E-state index < -0.39 is 39.2 Å². The minimum atomic E-state index is -1.55. The summed E-state index contributed by atoms with van der Waals surface area (Å²) in [5, 5.41) is 55.0. The van der Waals surface area contributed by atoms with Crippen molar-refractivity contribution in [1.29, 1.82) is 0 Å². The summed E-state index contributed by atoms with van der Waals surface area (Å²) in [5.41, 5.74) is 0. The first-order chi connectivity index (χ1) is 7.08. The Hall–Kier alpha value is -0.360. The maximum Gasteiger partial charge on any atom is 0.175 e. The van der Waals surface area contributed by atoms with Crippen LogP contribution in [-0.2, 0) is 0 Å². The lowest BCUT2D eigenvalue weighted by Crippen LogP contribution is -2.71. The molecule has 0 saturated carbocycles. The maximum absolute atomic E-state index is 9.49. The Morgan fingerprint density at radius 3 is 0.933 bits per heavy atom. The summed E-state index contributed by atoms with van der Waals surface area (Å²) in [5.74, 6) is 0. The van der Waals surface area contributed by atoms with Gasteiger partial charge in [-0.3, -0.25) is 0 Å². The highest BCUT2D eigenvalue weighted by atomic mass is 16.4. The minimum absolute atomic E-state index is 0.706. The van der Waals surface area contributed by atoms with E-state index in [0.29, 0.717) is 0 Å². The van der Waals surface area contributed by atoms with E-state index in [1.54, 1.807) is 0 Å². The molecule has 0 spiro atoms. The van der Waals surface area contributed by atoms with E-state index in [1.165, 1.54) is 0 Å². The van der Waals surface area contributed by atoms with Crippen molar-refractivity contribution in [3.63, 3.8) is 0 Å². The number of aliphatic hydroxyl groups is 6. The predicted octanol–water partition coefficient (Wildman–Crippen LogP) is -4.42. The van der Waals surface area contributed by atoms with Gasteiger partial charge in [0, 0.05) is 0 Å².